The quantitative estimate of drug-likeness (QED) is 0.628. The molecule has 1 atom stereocenters. The number of carbonyl (C=O) groups excluding carboxylic acids is 1. The van der Waals surface area contributed by atoms with Crippen LogP contribution in [0.2, 0.25) is 0 Å². The van der Waals surface area contributed by atoms with Crippen molar-refractivity contribution in [2.45, 2.75) is 27.2 Å². The first-order chi connectivity index (χ1) is 4.95. The van der Waals surface area contributed by atoms with Crippen molar-refractivity contribution in [2.24, 2.45) is 11.3 Å². The molecule has 0 saturated carbocycles. The summed E-state index contributed by atoms with van der Waals surface area (Å²) in [5.74, 6) is -1.47. The normalized spacial score (nSPS) is 14.1. The van der Waals surface area contributed by atoms with Crippen LogP contribution in [0, 0.1) is 11.3 Å². The molecule has 64 valence electrons. The first-order valence-electron chi connectivity index (χ1n) is 3.64. The van der Waals surface area contributed by atoms with E-state index in [4.69, 9.17) is 5.11 Å². The number of carboxylic acid groups (broad SMARTS) is 1. The average Bonchev–Trinajstić information content (AvgIpc) is 1.88. The summed E-state index contributed by atoms with van der Waals surface area (Å²) < 4.78 is 0. The van der Waals surface area contributed by atoms with Crippen LogP contribution in [0.5, 0.6) is 0 Å². The molecule has 1 unspecified atom stereocenters. The Morgan fingerprint density at radius 2 is 2.09 bits per heavy atom. The second kappa shape index (κ2) is 3.51. The molecule has 0 saturated heterocycles. The SMILES string of the molecule is CCC(C(=O)O)C(C)(C)C=O. The van der Waals surface area contributed by atoms with E-state index in [1.165, 1.54) is 0 Å². The molecule has 0 bridgehead atoms. The molecule has 3 heteroatoms. The highest BCUT2D eigenvalue weighted by Gasteiger charge is 2.33. The van der Waals surface area contributed by atoms with Crippen molar-refractivity contribution in [3.63, 3.8) is 0 Å². The van der Waals surface area contributed by atoms with Gasteiger partial charge in [0.05, 0.1) is 5.92 Å². The van der Waals surface area contributed by atoms with Crippen LogP contribution in [0.3, 0.4) is 0 Å². The van der Waals surface area contributed by atoms with Gasteiger partial charge in [-0.1, -0.05) is 20.8 Å². The van der Waals surface area contributed by atoms with Gasteiger partial charge in [-0.2, -0.15) is 0 Å². The summed E-state index contributed by atoms with van der Waals surface area (Å²) in [6, 6.07) is 0. The van der Waals surface area contributed by atoms with Gasteiger partial charge >= 0.3 is 5.97 Å². The molecule has 0 fully saturated rings. The van der Waals surface area contributed by atoms with Crippen LogP contribution in [0.25, 0.3) is 0 Å². The van der Waals surface area contributed by atoms with Crippen LogP contribution in [0.15, 0.2) is 0 Å². The van der Waals surface area contributed by atoms with Crippen molar-refractivity contribution in [3.05, 3.63) is 0 Å². The highest BCUT2D eigenvalue weighted by molar-refractivity contribution is 5.76. The third-order valence-corrected chi connectivity index (χ3v) is 1.91. The first kappa shape index (κ1) is 10.1. The Kier molecular flexibility index (Phi) is 3.23. The summed E-state index contributed by atoms with van der Waals surface area (Å²) in [5, 5.41) is 8.68. The van der Waals surface area contributed by atoms with Crippen molar-refractivity contribution >= 4 is 12.3 Å². The van der Waals surface area contributed by atoms with Crippen molar-refractivity contribution in [3.8, 4) is 0 Å². The van der Waals surface area contributed by atoms with E-state index in [-0.39, 0.29) is 0 Å². The highest BCUT2D eigenvalue weighted by atomic mass is 16.4. The molecule has 0 aromatic carbocycles. The molecule has 0 amide bonds. The van der Waals surface area contributed by atoms with Crippen LogP contribution in [-0.2, 0) is 9.59 Å². The largest absolute Gasteiger partial charge is 0.481 e. The van der Waals surface area contributed by atoms with E-state index in [1.807, 2.05) is 0 Å². The third kappa shape index (κ3) is 2.33. The number of carbonyl (C=O) groups is 2. The highest BCUT2D eigenvalue weighted by Crippen LogP contribution is 2.26. The molecule has 0 aliphatic heterocycles. The third-order valence-electron chi connectivity index (χ3n) is 1.91. The van der Waals surface area contributed by atoms with Crippen LogP contribution in [0.1, 0.15) is 27.2 Å². The second-order valence-electron chi connectivity index (χ2n) is 3.24. The van der Waals surface area contributed by atoms with Gasteiger partial charge < -0.3 is 9.90 Å². The molecule has 1 N–H and O–H groups in total. The van der Waals surface area contributed by atoms with Gasteiger partial charge in [-0.15, -0.1) is 0 Å². The molecule has 0 aromatic rings. The topological polar surface area (TPSA) is 54.4 Å². The summed E-state index contributed by atoms with van der Waals surface area (Å²) in [6.45, 7) is 5.05. The Morgan fingerprint density at radius 3 is 2.18 bits per heavy atom. The van der Waals surface area contributed by atoms with Gasteiger partial charge in [-0.05, 0) is 6.42 Å². The minimum atomic E-state index is -0.899. The number of carboxylic acids is 1. The fourth-order valence-corrected chi connectivity index (χ4v) is 1.10. The number of aliphatic carboxylic acids is 1. The van der Waals surface area contributed by atoms with Gasteiger partial charge in [0.25, 0.3) is 0 Å². The Labute approximate surface area is 66.4 Å². The monoisotopic (exact) mass is 158 g/mol. The van der Waals surface area contributed by atoms with Crippen LogP contribution >= 0.6 is 0 Å². The maximum Gasteiger partial charge on any atom is 0.307 e. The Morgan fingerprint density at radius 1 is 1.64 bits per heavy atom. The number of hydrogen-bond donors (Lipinski definition) is 1. The Hall–Kier alpha value is -0.860. The summed E-state index contributed by atoms with van der Waals surface area (Å²) in [5.41, 5.74) is -0.749. The lowest BCUT2D eigenvalue weighted by Gasteiger charge is -2.23. The average molecular weight is 158 g/mol. The lowest BCUT2D eigenvalue weighted by Crippen LogP contribution is -2.31. The molecule has 0 aliphatic rings. The maximum absolute atomic E-state index is 10.6. The van der Waals surface area contributed by atoms with Crippen LogP contribution in [-0.4, -0.2) is 17.4 Å². The summed E-state index contributed by atoms with van der Waals surface area (Å²) in [6.07, 6.45) is 1.19. The van der Waals surface area contributed by atoms with Gasteiger partial charge in [0.1, 0.15) is 6.29 Å². The molecule has 0 aliphatic carbocycles. The zero-order valence-electron chi connectivity index (χ0n) is 7.13. The molecule has 0 spiro atoms. The maximum atomic E-state index is 10.6. The zero-order chi connectivity index (χ0) is 9.07. The molecular formula is C8H14O3. The minimum Gasteiger partial charge on any atom is -0.481 e. The number of rotatable bonds is 4. The fraction of sp³-hybridized carbons (Fsp3) is 0.750. The van der Waals surface area contributed by atoms with E-state index in [1.54, 1.807) is 20.8 Å². The number of hydrogen-bond acceptors (Lipinski definition) is 2. The van der Waals surface area contributed by atoms with Gasteiger partial charge in [-0.25, -0.2) is 0 Å². The molecule has 0 radical (unpaired) electrons. The molecule has 0 heterocycles. The first-order valence-corrected chi connectivity index (χ1v) is 3.64. The minimum absolute atomic E-state index is 0.487. The van der Waals surface area contributed by atoms with Crippen molar-refractivity contribution in [2.75, 3.05) is 0 Å². The van der Waals surface area contributed by atoms with E-state index in [0.717, 1.165) is 0 Å². The van der Waals surface area contributed by atoms with Gasteiger partial charge in [-0.3, -0.25) is 4.79 Å². The van der Waals surface area contributed by atoms with Crippen molar-refractivity contribution < 1.29 is 14.7 Å². The van der Waals surface area contributed by atoms with E-state index < -0.39 is 17.3 Å². The molecule has 3 nitrogen and oxygen atoms in total. The van der Waals surface area contributed by atoms with Gasteiger partial charge in [0, 0.05) is 5.41 Å². The zero-order valence-corrected chi connectivity index (χ0v) is 7.13. The summed E-state index contributed by atoms with van der Waals surface area (Å²) in [7, 11) is 0. The Bertz CT molecular complexity index is 161. The van der Waals surface area contributed by atoms with Crippen molar-refractivity contribution in [1.29, 1.82) is 0 Å². The van der Waals surface area contributed by atoms with Crippen LogP contribution < -0.4 is 0 Å². The standard InChI is InChI=1S/C8H14O3/c1-4-6(7(10)11)8(2,3)5-9/h5-6H,4H2,1-3H3,(H,10,11). The van der Waals surface area contributed by atoms with Gasteiger partial charge in [0.2, 0.25) is 0 Å². The van der Waals surface area contributed by atoms with E-state index in [2.05, 4.69) is 0 Å². The Balaban J connectivity index is 4.48. The second-order valence-corrected chi connectivity index (χ2v) is 3.24. The van der Waals surface area contributed by atoms with Crippen LogP contribution in [0.4, 0.5) is 0 Å². The van der Waals surface area contributed by atoms with E-state index in [0.29, 0.717) is 12.7 Å². The molecular weight excluding hydrogens is 144 g/mol. The van der Waals surface area contributed by atoms with E-state index >= 15 is 0 Å². The predicted molar refractivity (Wildman–Crippen MR) is 41.3 cm³/mol. The lowest BCUT2D eigenvalue weighted by molar-refractivity contribution is -0.148. The van der Waals surface area contributed by atoms with E-state index in [9.17, 15) is 9.59 Å². The van der Waals surface area contributed by atoms with Crippen molar-refractivity contribution in [1.82, 2.24) is 0 Å². The summed E-state index contributed by atoms with van der Waals surface area (Å²) in [4.78, 5) is 21.0. The lowest BCUT2D eigenvalue weighted by atomic mass is 9.79. The summed E-state index contributed by atoms with van der Waals surface area (Å²) >= 11 is 0. The molecule has 11 heavy (non-hydrogen) atoms. The van der Waals surface area contributed by atoms with Gasteiger partial charge in [0.15, 0.2) is 0 Å². The predicted octanol–water partition coefficient (Wildman–Crippen LogP) is 1.32. The fourth-order valence-electron chi connectivity index (χ4n) is 1.10. The molecule has 0 aromatic heterocycles. The number of aldehydes is 1. The smallest absolute Gasteiger partial charge is 0.307 e. The molecule has 0 rings (SSSR count).